The van der Waals surface area contributed by atoms with Crippen LogP contribution >= 0.6 is 0 Å². The molecule has 0 bridgehead atoms. The fourth-order valence-electron chi connectivity index (χ4n) is 2.23. The largest absolute Gasteiger partial charge is 0.494 e. The second-order valence-electron chi connectivity index (χ2n) is 5.70. The number of nitrogens with two attached hydrogens (primary N) is 1. The summed E-state index contributed by atoms with van der Waals surface area (Å²) in [4.78, 5) is 3.99. The molecule has 1 heterocycles. The third-order valence-electron chi connectivity index (χ3n) is 3.60. The summed E-state index contributed by atoms with van der Waals surface area (Å²) < 4.78 is 11.4. The second-order valence-corrected chi connectivity index (χ2v) is 5.70. The molecule has 0 atom stereocenters. The van der Waals surface area contributed by atoms with Gasteiger partial charge in [0.2, 0.25) is 0 Å². The Morgan fingerprint density at radius 1 is 1.00 bits per heavy atom. The van der Waals surface area contributed by atoms with Gasteiger partial charge in [0.25, 0.3) is 0 Å². The zero-order valence-corrected chi connectivity index (χ0v) is 14.4. The smallest absolute Gasteiger partial charge is 0.141 e. The SMILES string of the molecule is CC(=N)c1cccc(OCCCCCOc2ccnc(C(=N)N)c2)c1. The molecule has 0 saturated carbocycles. The number of rotatable bonds is 10. The van der Waals surface area contributed by atoms with Crippen LogP contribution in [0, 0.1) is 10.8 Å². The lowest BCUT2D eigenvalue weighted by Gasteiger charge is -2.09. The van der Waals surface area contributed by atoms with Gasteiger partial charge in [0.1, 0.15) is 23.0 Å². The van der Waals surface area contributed by atoms with E-state index in [0.29, 0.717) is 30.4 Å². The van der Waals surface area contributed by atoms with E-state index in [4.69, 9.17) is 26.0 Å². The van der Waals surface area contributed by atoms with Crippen LogP contribution < -0.4 is 15.2 Å². The molecule has 1 aromatic carbocycles. The van der Waals surface area contributed by atoms with Gasteiger partial charge in [-0.25, -0.2) is 0 Å². The maximum Gasteiger partial charge on any atom is 0.141 e. The Balaban J connectivity index is 1.62. The van der Waals surface area contributed by atoms with Crippen LogP contribution in [-0.2, 0) is 0 Å². The predicted octanol–water partition coefficient (Wildman–Crippen LogP) is 3.38. The van der Waals surface area contributed by atoms with Gasteiger partial charge in [0.05, 0.1) is 13.2 Å². The molecule has 0 amide bonds. The number of hydrogen-bond acceptors (Lipinski definition) is 5. The monoisotopic (exact) mass is 340 g/mol. The number of unbranched alkanes of at least 4 members (excludes halogenated alkanes) is 2. The van der Waals surface area contributed by atoms with Crippen molar-refractivity contribution in [3.05, 3.63) is 53.9 Å². The lowest BCUT2D eigenvalue weighted by molar-refractivity contribution is 0.279. The maximum atomic E-state index is 7.64. The molecule has 2 aromatic rings. The highest BCUT2D eigenvalue weighted by molar-refractivity contribution is 5.96. The lowest BCUT2D eigenvalue weighted by atomic mass is 10.1. The van der Waals surface area contributed by atoms with Gasteiger partial charge >= 0.3 is 0 Å². The van der Waals surface area contributed by atoms with Crippen molar-refractivity contribution in [2.75, 3.05) is 13.2 Å². The van der Waals surface area contributed by atoms with Crippen molar-refractivity contribution >= 4 is 11.5 Å². The number of pyridine rings is 1. The van der Waals surface area contributed by atoms with Crippen molar-refractivity contribution < 1.29 is 9.47 Å². The van der Waals surface area contributed by atoms with E-state index in [2.05, 4.69) is 4.98 Å². The summed E-state index contributed by atoms with van der Waals surface area (Å²) in [5.41, 5.74) is 7.25. The van der Waals surface area contributed by atoms with Crippen LogP contribution in [0.4, 0.5) is 0 Å². The van der Waals surface area contributed by atoms with E-state index >= 15 is 0 Å². The molecule has 0 saturated heterocycles. The van der Waals surface area contributed by atoms with Crippen LogP contribution in [-0.4, -0.2) is 29.7 Å². The Morgan fingerprint density at radius 2 is 1.68 bits per heavy atom. The molecule has 0 aliphatic heterocycles. The standard InChI is InChI=1S/C19H24N4O2/c1-14(20)15-6-5-7-16(12-15)24-10-3-2-4-11-25-17-8-9-23-18(13-17)19(21)22/h5-9,12-13,20H,2-4,10-11H2,1H3,(H3,21,22). The summed E-state index contributed by atoms with van der Waals surface area (Å²) in [5.74, 6) is 1.41. The first-order valence-corrected chi connectivity index (χ1v) is 8.28. The molecule has 25 heavy (non-hydrogen) atoms. The quantitative estimate of drug-likeness (QED) is 0.350. The fourth-order valence-corrected chi connectivity index (χ4v) is 2.23. The minimum atomic E-state index is -0.0649. The first-order chi connectivity index (χ1) is 12.1. The Labute approximate surface area is 148 Å². The van der Waals surface area contributed by atoms with Crippen LogP contribution in [0.25, 0.3) is 0 Å². The number of benzene rings is 1. The molecule has 0 aliphatic carbocycles. The Kier molecular flexibility index (Phi) is 6.95. The summed E-state index contributed by atoms with van der Waals surface area (Å²) in [6, 6.07) is 11.0. The van der Waals surface area contributed by atoms with Gasteiger partial charge in [-0.05, 0) is 49.9 Å². The molecule has 2 rings (SSSR count). The number of nitrogens with zero attached hydrogens (tertiary/aromatic N) is 1. The molecular weight excluding hydrogens is 316 g/mol. The van der Waals surface area contributed by atoms with E-state index in [1.165, 1.54) is 0 Å². The Hall–Kier alpha value is -2.89. The first kappa shape index (κ1) is 18.4. The van der Waals surface area contributed by atoms with Crippen LogP contribution in [0.15, 0.2) is 42.6 Å². The molecule has 0 aliphatic rings. The van der Waals surface area contributed by atoms with Gasteiger partial charge in [0, 0.05) is 18.0 Å². The molecule has 4 N–H and O–H groups in total. The number of ether oxygens (including phenoxy) is 2. The van der Waals surface area contributed by atoms with E-state index in [-0.39, 0.29) is 5.84 Å². The second kappa shape index (κ2) is 9.42. The van der Waals surface area contributed by atoms with Crippen LogP contribution in [0.2, 0.25) is 0 Å². The first-order valence-electron chi connectivity index (χ1n) is 8.28. The van der Waals surface area contributed by atoms with E-state index in [9.17, 15) is 0 Å². The normalized spacial score (nSPS) is 10.3. The van der Waals surface area contributed by atoms with E-state index in [1.54, 1.807) is 25.3 Å². The number of nitrogens with one attached hydrogen (secondary N) is 2. The van der Waals surface area contributed by atoms with Crippen LogP contribution in [0.3, 0.4) is 0 Å². The minimum Gasteiger partial charge on any atom is -0.494 e. The summed E-state index contributed by atoms with van der Waals surface area (Å²) in [5, 5.41) is 15.0. The van der Waals surface area contributed by atoms with Gasteiger partial charge in [-0.2, -0.15) is 0 Å². The van der Waals surface area contributed by atoms with E-state index < -0.39 is 0 Å². The van der Waals surface area contributed by atoms with Crippen LogP contribution in [0.1, 0.15) is 37.4 Å². The highest BCUT2D eigenvalue weighted by atomic mass is 16.5. The van der Waals surface area contributed by atoms with E-state index in [1.807, 2.05) is 24.3 Å². The molecule has 132 valence electrons. The Bertz CT molecular complexity index is 669. The van der Waals surface area contributed by atoms with Crippen molar-refractivity contribution in [1.82, 2.24) is 4.98 Å². The van der Waals surface area contributed by atoms with Crippen molar-refractivity contribution in [3.63, 3.8) is 0 Å². The molecule has 0 unspecified atom stereocenters. The third-order valence-corrected chi connectivity index (χ3v) is 3.60. The van der Waals surface area contributed by atoms with Crippen LogP contribution in [0.5, 0.6) is 11.5 Å². The van der Waals surface area contributed by atoms with Gasteiger partial charge < -0.3 is 20.6 Å². The van der Waals surface area contributed by atoms with Crippen molar-refractivity contribution in [3.8, 4) is 11.5 Å². The van der Waals surface area contributed by atoms with Gasteiger partial charge in [-0.1, -0.05) is 12.1 Å². The van der Waals surface area contributed by atoms with Gasteiger partial charge in [-0.3, -0.25) is 10.4 Å². The van der Waals surface area contributed by atoms with Gasteiger partial charge in [-0.15, -0.1) is 0 Å². The third kappa shape index (κ3) is 6.25. The highest BCUT2D eigenvalue weighted by Crippen LogP contribution is 2.15. The average Bonchev–Trinajstić information content (AvgIpc) is 2.61. The summed E-state index contributed by atoms with van der Waals surface area (Å²) in [7, 11) is 0. The fraction of sp³-hybridized carbons (Fsp3) is 0.316. The molecule has 0 radical (unpaired) electrons. The summed E-state index contributed by atoms with van der Waals surface area (Å²) in [6.45, 7) is 3.01. The summed E-state index contributed by atoms with van der Waals surface area (Å²) >= 11 is 0. The molecule has 6 heteroatoms. The van der Waals surface area contributed by atoms with Crippen molar-refractivity contribution in [1.29, 1.82) is 10.8 Å². The lowest BCUT2D eigenvalue weighted by Crippen LogP contribution is -2.13. The van der Waals surface area contributed by atoms with E-state index in [0.717, 1.165) is 30.6 Å². The number of hydrogen-bond donors (Lipinski definition) is 3. The maximum absolute atomic E-state index is 7.64. The van der Waals surface area contributed by atoms with Crippen molar-refractivity contribution in [2.45, 2.75) is 26.2 Å². The number of nitrogen functional groups attached to an aromatic ring is 1. The zero-order valence-electron chi connectivity index (χ0n) is 14.4. The highest BCUT2D eigenvalue weighted by Gasteiger charge is 2.01. The van der Waals surface area contributed by atoms with Crippen molar-refractivity contribution in [2.24, 2.45) is 5.73 Å². The minimum absolute atomic E-state index is 0.0649. The topological polar surface area (TPSA) is 105 Å². The van der Waals surface area contributed by atoms with Gasteiger partial charge in [0.15, 0.2) is 0 Å². The predicted molar refractivity (Wildman–Crippen MR) is 99.0 cm³/mol. The molecule has 6 nitrogen and oxygen atoms in total. The molecule has 1 aromatic heterocycles. The number of amidine groups is 1. The Morgan fingerprint density at radius 3 is 2.32 bits per heavy atom. The zero-order chi connectivity index (χ0) is 18.1. The average molecular weight is 340 g/mol. The number of aromatic nitrogens is 1. The summed E-state index contributed by atoms with van der Waals surface area (Å²) in [6.07, 6.45) is 4.44. The molecular formula is C19H24N4O2. The molecule has 0 fully saturated rings. The molecule has 0 spiro atoms.